The van der Waals surface area contributed by atoms with Gasteiger partial charge in [-0.3, -0.25) is 4.79 Å². The molecule has 0 saturated carbocycles. The number of morpholine rings is 1. The highest BCUT2D eigenvalue weighted by molar-refractivity contribution is 7.89. The van der Waals surface area contributed by atoms with Crippen molar-refractivity contribution in [3.8, 4) is 5.75 Å². The summed E-state index contributed by atoms with van der Waals surface area (Å²) in [7, 11) is -1.92. The summed E-state index contributed by atoms with van der Waals surface area (Å²) in [5.41, 5.74) is 2.25. The van der Waals surface area contributed by atoms with Crippen LogP contribution in [-0.2, 0) is 21.3 Å². The molecule has 8 heteroatoms. The summed E-state index contributed by atoms with van der Waals surface area (Å²) in [6, 6.07) is 11.8. The van der Waals surface area contributed by atoms with Crippen LogP contribution >= 0.6 is 0 Å². The van der Waals surface area contributed by atoms with Crippen molar-refractivity contribution in [2.75, 3.05) is 33.4 Å². The van der Waals surface area contributed by atoms with Crippen LogP contribution in [0.2, 0.25) is 0 Å². The van der Waals surface area contributed by atoms with Crippen LogP contribution in [0.4, 0.5) is 0 Å². The molecule has 150 valence electrons. The van der Waals surface area contributed by atoms with E-state index in [9.17, 15) is 13.2 Å². The van der Waals surface area contributed by atoms with Gasteiger partial charge in [-0.05, 0) is 48.4 Å². The number of sulfonamides is 1. The molecule has 28 heavy (non-hydrogen) atoms. The Morgan fingerprint density at radius 2 is 1.82 bits per heavy atom. The highest BCUT2D eigenvalue weighted by atomic mass is 32.2. The van der Waals surface area contributed by atoms with Crippen molar-refractivity contribution in [3.05, 3.63) is 59.2 Å². The number of nitrogens with one attached hydrogen (secondary N) is 1. The van der Waals surface area contributed by atoms with Gasteiger partial charge in [-0.25, -0.2) is 8.42 Å². The van der Waals surface area contributed by atoms with E-state index in [4.69, 9.17) is 9.47 Å². The normalized spacial score (nSPS) is 15.2. The molecule has 1 amide bonds. The summed E-state index contributed by atoms with van der Waals surface area (Å²) in [5.74, 6) is 0.532. The fourth-order valence-electron chi connectivity index (χ4n) is 3.02. The number of aryl methyl sites for hydroxylation is 1. The highest BCUT2D eigenvalue weighted by Gasteiger charge is 2.26. The Morgan fingerprint density at radius 1 is 1.14 bits per heavy atom. The molecular formula is C20H24N2O5S. The zero-order chi connectivity index (χ0) is 20.1. The molecule has 3 rings (SSSR count). The molecule has 0 aliphatic carbocycles. The molecule has 0 aromatic heterocycles. The average Bonchev–Trinajstić information content (AvgIpc) is 2.73. The summed E-state index contributed by atoms with van der Waals surface area (Å²) in [6.45, 7) is 3.73. The van der Waals surface area contributed by atoms with Gasteiger partial charge >= 0.3 is 0 Å². The Bertz CT molecular complexity index is 936. The van der Waals surface area contributed by atoms with Crippen LogP contribution in [0.3, 0.4) is 0 Å². The third-order valence-electron chi connectivity index (χ3n) is 4.64. The minimum Gasteiger partial charge on any atom is -0.496 e. The molecule has 0 radical (unpaired) electrons. The van der Waals surface area contributed by atoms with Gasteiger partial charge < -0.3 is 14.8 Å². The quantitative estimate of drug-likeness (QED) is 0.796. The van der Waals surface area contributed by atoms with Crippen LogP contribution in [0.5, 0.6) is 5.75 Å². The van der Waals surface area contributed by atoms with E-state index in [1.165, 1.54) is 4.31 Å². The van der Waals surface area contributed by atoms with E-state index in [0.29, 0.717) is 38.4 Å². The molecule has 0 unspecified atom stereocenters. The molecule has 2 aromatic rings. The van der Waals surface area contributed by atoms with Gasteiger partial charge in [0.1, 0.15) is 5.75 Å². The van der Waals surface area contributed by atoms with Gasteiger partial charge in [0.2, 0.25) is 10.0 Å². The van der Waals surface area contributed by atoms with Crippen LogP contribution in [-0.4, -0.2) is 52.0 Å². The Kier molecular flexibility index (Phi) is 6.33. The standard InChI is InChI=1S/C20H24N2O5S/c1-15-13-17(5-8-19(15)26-2)20(23)21-14-16-3-6-18(7-4-16)28(24,25)22-9-11-27-12-10-22/h3-8,13H,9-12,14H2,1-2H3,(H,21,23). The molecule has 1 N–H and O–H groups in total. The molecule has 0 spiro atoms. The number of benzene rings is 2. The van der Waals surface area contributed by atoms with Gasteiger partial charge in [-0.15, -0.1) is 0 Å². The lowest BCUT2D eigenvalue weighted by atomic mass is 10.1. The van der Waals surface area contributed by atoms with E-state index in [2.05, 4.69) is 5.32 Å². The molecule has 0 atom stereocenters. The molecule has 1 aliphatic rings. The molecule has 1 aliphatic heterocycles. The molecular weight excluding hydrogens is 380 g/mol. The van der Waals surface area contributed by atoms with Crippen molar-refractivity contribution >= 4 is 15.9 Å². The van der Waals surface area contributed by atoms with Crippen LogP contribution < -0.4 is 10.1 Å². The SMILES string of the molecule is COc1ccc(C(=O)NCc2ccc(S(=O)(=O)N3CCOCC3)cc2)cc1C. The van der Waals surface area contributed by atoms with Crippen molar-refractivity contribution < 1.29 is 22.7 Å². The third kappa shape index (κ3) is 4.52. The molecule has 0 bridgehead atoms. The van der Waals surface area contributed by atoms with Crippen molar-refractivity contribution in [2.45, 2.75) is 18.4 Å². The fraction of sp³-hybridized carbons (Fsp3) is 0.350. The van der Waals surface area contributed by atoms with E-state index in [-0.39, 0.29) is 10.8 Å². The van der Waals surface area contributed by atoms with E-state index in [0.717, 1.165) is 16.9 Å². The lowest BCUT2D eigenvalue weighted by Gasteiger charge is -2.26. The first kappa shape index (κ1) is 20.3. The van der Waals surface area contributed by atoms with Gasteiger partial charge in [0.05, 0.1) is 25.2 Å². The summed E-state index contributed by atoms with van der Waals surface area (Å²) in [6.07, 6.45) is 0. The maximum absolute atomic E-state index is 12.6. The highest BCUT2D eigenvalue weighted by Crippen LogP contribution is 2.19. The Balaban J connectivity index is 1.63. The molecule has 2 aromatic carbocycles. The van der Waals surface area contributed by atoms with Gasteiger partial charge in [-0.1, -0.05) is 12.1 Å². The molecule has 7 nitrogen and oxygen atoms in total. The first-order valence-electron chi connectivity index (χ1n) is 9.01. The largest absolute Gasteiger partial charge is 0.496 e. The predicted molar refractivity (Wildman–Crippen MR) is 105 cm³/mol. The fourth-order valence-corrected chi connectivity index (χ4v) is 4.43. The number of methoxy groups -OCH3 is 1. The van der Waals surface area contributed by atoms with Crippen molar-refractivity contribution in [1.29, 1.82) is 0 Å². The first-order valence-corrected chi connectivity index (χ1v) is 10.5. The second-order valence-corrected chi connectivity index (χ2v) is 8.47. The Morgan fingerprint density at radius 3 is 2.43 bits per heavy atom. The summed E-state index contributed by atoms with van der Waals surface area (Å²) in [5, 5.41) is 2.85. The van der Waals surface area contributed by atoms with Gasteiger partial charge in [0.25, 0.3) is 5.91 Å². The number of rotatable bonds is 6. The molecule has 1 saturated heterocycles. The van der Waals surface area contributed by atoms with E-state index in [1.54, 1.807) is 49.6 Å². The summed E-state index contributed by atoms with van der Waals surface area (Å²) < 4.78 is 37.1. The minimum atomic E-state index is -3.51. The maximum atomic E-state index is 12.6. The summed E-state index contributed by atoms with van der Waals surface area (Å²) >= 11 is 0. The number of carbonyl (C=O) groups is 1. The maximum Gasteiger partial charge on any atom is 0.251 e. The Labute approximate surface area is 165 Å². The topological polar surface area (TPSA) is 84.9 Å². The number of carbonyl (C=O) groups excluding carboxylic acids is 1. The van der Waals surface area contributed by atoms with Crippen LogP contribution in [0.25, 0.3) is 0 Å². The molecule has 1 heterocycles. The number of hydrogen-bond acceptors (Lipinski definition) is 5. The number of nitrogens with zero attached hydrogens (tertiary/aromatic N) is 1. The number of ether oxygens (including phenoxy) is 2. The van der Waals surface area contributed by atoms with Gasteiger partial charge in [0, 0.05) is 25.2 Å². The van der Waals surface area contributed by atoms with Crippen LogP contribution in [0.15, 0.2) is 47.4 Å². The minimum absolute atomic E-state index is 0.198. The Hall–Kier alpha value is -2.42. The first-order chi connectivity index (χ1) is 13.4. The lowest BCUT2D eigenvalue weighted by molar-refractivity contribution is 0.0730. The number of hydrogen-bond donors (Lipinski definition) is 1. The average molecular weight is 404 g/mol. The number of amides is 1. The van der Waals surface area contributed by atoms with Crippen molar-refractivity contribution in [2.24, 2.45) is 0 Å². The van der Waals surface area contributed by atoms with Gasteiger partial charge in [0.15, 0.2) is 0 Å². The smallest absolute Gasteiger partial charge is 0.251 e. The zero-order valence-electron chi connectivity index (χ0n) is 16.0. The monoisotopic (exact) mass is 404 g/mol. The third-order valence-corrected chi connectivity index (χ3v) is 6.55. The lowest BCUT2D eigenvalue weighted by Crippen LogP contribution is -2.40. The van der Waals surface area contributed by atoms with Crippen molar-refractivity contribution in [1.82, 2.24) is 9.62 Å². The second kappa shape index (κ2) is 8.72. The van der Waals surface area contributed by atoms with Crippen molar-refractivity contribution in [3.63, 3.8) is 0 Å². The van der Waals surface area contributed by atoms with Gasteiger partial charge in [-0.2, -0.15) is 4.31 Å². The van der Waals surface area contributed by atoms with E-state index < -0.39 is 10.0 Å². The summed E-state index contributed by atoms with van der Waals surface area (Å²) in [4.78, 5) is 12.6. The van der Waals surface area contributed by atoms with Crippen LogP contribution in [0.1, 0.15) is 21.5 Å². The second-order valence-electron chi connectivity index (χ2n) is 6.53. The van der Waals surface area contributed by atoms with Crippen LogP contribution in [0, 0.1) is 6.92 Å². The zero-order valence-corrected chi connectivity index (χ0v) is 16.8. The van der Waals surface area contributed by atoms with E-state index >= 15 is 0 Å². The van der Waals surface area contributed by atoms with E-state index in [1.807, 2.05) is 6.92 Å². The predicted octanol–water partition coefficient (Wildman–Crippen LogP) is 1.95. The molecule has 1 fully saturated rings.